The number of benzene rings is 1. The first-order valence-corrected chi connectivity index (χ1v) is 7.41. The normalized spacial score (nSPS) is 11.6. The maximum absolute atomic E-state index is 12.4. The van der Waals surface area contributed by atoms with Gasteiger partial charge in [0.05, 0.1) is 22.3 Å². The predicted molar refractivity (Wildman–Crippen MR) is 80.0 cm³/mol. The van der Waals surface area contributed by atoms with Gasteiger partial charge in [0.1, 0.15) is 10.7 Å². The number of carbonyl (C=O) groups excluding carboxylic acids is 1. The molecule has 0 aliphatic carbocycles. The van der Waals surface area contributed by atoms with Crippen LogP contribution in [0.4, 0.5) is 13.2 Å². The first-order chi connectivity index (χ1) is 10.9. The van der Waals surface area contributed by atoms with Crippen LogP contribution in [0.5, 0.6) is 0 Å². The number of hydrogen-bond acceptors (Lipinski definition) is 4. The molecule has 0 atom stereocenters. The molecular weight excluding hydrogens is 327 g/mol. The van der Waals surface area contributed by atoms with Crippen LogP contribution in [0, 0.1) is 0 Å². The first-order valence-electron chi connectivity index (χ1n) is 6.59. The van der Waals surface area contributed by atoms with E-state index in [9.17, 15) is 18.0 Å². The summed E-state index contributed by atoms with van der Waals surface area (Å²) in [6, 6.07) is 9.46. The van der Waals surface area contributed by atoms with Crippen molar-refractivity contribution in [2.24, 2.45) is 0 Å². The number of nitrogens with one attached hydrogen (secondary N) is 1. The topological polar surface area (TPSA) is 54.9 Å². The van der Waals surface area contributed by atoms with Crippen molar-refractivity contribution < 1.29 is 18.0 Å². The summed E-state index contributed by atoms with van der Waals surface area (Å²) in [6.07, 6.45) is -3.60. The van der Waals surface area contributed by atoms with E-state index in [1.807, 2.05) is 24.3 Å². The second kappa shape index (κ2) is 5.96. The zero-order chi connectivity index (χ0) is 16.4. The van der Waals surface area contributed by atoms with Crippen molar-refractivity contribution in [1.29, 1.82) is 0 Å². The number of fused-ring (bicyclic) bond motifs is 1. The van der Waals surface area contributed by atoms with E-state index in [2.05, 4.69) is 15.3 Å². The van der Waals surface area contributed by atoms with Gasteiger partial charge in [-0.2, -0.15) is 13.2 Å². The van der Waals surface area contributed by atoms with Gasteiger partial charge in [-0.25, -0.2) is 4.98 Å². The van der Waals surface area contributed by atoms with Gasteiger partial charge in [-0.3, -0.25) is 9.78 Å². The van der Waals surface area contributed by atoms with Crippen molar-refractivity contribution >= 4 is 27.5 Å². The molecule has 3 aromatic rings. The molecular formula is C15H10F3N3OS. The minimum atomic E-state index is -4.52. The van der Waals surface area contributed by atoms with Gasteiger partial charge < -0.3 is 5.32 Å². The van der Waals surface area contributed by atoms with Crippen LogP contribution in [-0.4, -0.2) is 15.9 Å². The maximum atomic E-state index is 12.4. The molecule has 0 saturated carbocycles. The summed E-state index contributed by atoms with van der Waals surface area (Å²) in [5, 5.41) is 3.34. The minimum Gasteiger partial charge on any atom is -0.345 e. The summed E-state index contributed by atoms with van der Waals surface area (Å²) < 4.78 is 38.3. The molecule has 0 unspecified atom stereocenters. The smallest absolute Gasteiger partial charge is 0.345 e. The third-order valence-electron chi connectivity index (χ3n) is 3.05. The van der Waals surface area contributed by atoms with Crippen LogP contribution in [0.3, 0.4) is 0 Å². The number of rotatable bonds is 3. The highest BCUT2D eigenvalue weighted by atomic mass is 32.1. The average molecular weight is 337 g/mol. The Morgan fingerprint density at radius 1 is 1.17 bits per heavy atom. The molecule has 1 N–H and O–H groups in total. The Labute approximate surface area is 133 Å². The van der Waals surface area contributed by atoms with Crippen molar-refractivity contribution in [2.75, 3.05) is 0 Å². The molecule has 0 bridgehead atoms. The van der Waals surface area contributed by atoms with Crippen LogP contribution in [-0.2, 0) is 12.7 Å². The summed E-state index contributed by atoms with van der Waals surface area (Å²) in [7, 11) is 0. The molecule has 23 heavy (non-hydrogen) atoms. The van der Waals surface area contributed by atoms with Crippen LogP contribution < -0.4 is 5.32 Å². The lowest BCUT2D eigenvalue weighted by atomic mass is 10.2. The summed E-state index contributed by atoms with van der Waals surface area (Å²) >= 11 is 1.45. The lowest BCUT2D eigenvalue weighted by Crippen LogP contribution is -2.23. The predicted octanol–water partition coefficient (Wildman–Crippen LogP) is 3.64. The fourth-order valence-electron chi connectivity index (χ4n) is 1.95. The highest BCUT2D eigenvalue weighted by Crippen LogP contribution is 2.27. The Morgan fingerprint density at radius 3 is 2.61 bits per heavy atom. The summed E-state index contributed by atoms with van der Waals surface area (Å²) in [5.41, 5.74) is -0.114. The van der Waals surface area contributed by atoms with Crippen molar-refractivity contribution in [3.63, 3.8) is 0 Å². The van der Waals surface area contributed by atoms with E-state index in [4.69, 9.17) is 0 Å². The molecule has 1 amide bonds. The van der Waals surface area contributed by atoms with Gasteiger partial charge in [-0.05, 0) is 24.3 Å². The number of halogens is 3. The van der Waals surface area contributed by atoms with Gasteiger partial charge in [-0.15, -0.1) is 11.3 Å². The quantitative estimate of drug-likeness (QED) is 0.794. The van der Waals surface area contributed by atoms with Crippen LogP contribution in [0.2, 0.25) is 0 Å². The van der Waals surface area contributed by atoms with Gasteiger partial charge in [0, 0.05) is 6.20 Å². The number of amides is 1. The summed E-state index contributed by atoms with van der Waals surface area (Å²) in [6.45, 7) is 0.208. The first kappa shape index (κ1) is 15.4. The number of para-hydroxylation sites is 1. The number of aromatic nitrogens is 2. The number of pyridine rings is 1. The number of hydrogen-bond donors (Lipinski definition) is 1. The van der Waals surface area contributed by atoms with Gasteiger partial charge >= 0.3 is 6.18 Å². The van der Waals surface area contributed by atoms with Crippen LogP contribution in [0.15, 0.2) is 42.6 Å². The molecule has 2 aromatic heterocycles. The molecule has 0 aliphatic rings. The highest BCUT2D eigenvalue weighted by molar-refractivity contribution is 7.18. The fourth-order valence-corrected chi connectivity index (χ4v) is 2.86. The Morgan fingerprint density at radius 2 is 1.96 bits per heavy atom. The van der Waals surface area contributed by atoms with Crippen LogP contribution in [0.25, 0.3) is 10.2 Å². The standard InChI is InChI=1S/C15H10F3N3OS/c16-15(17,18)12-6-5-9(7-19-12)14(22)20-8-13-21-10-3-1-2-4-11(10)23-13/h1-7H,8H2,(H,20,22). The third kappa shape index (κ3) is 3.48. The number of thiazole rings is 1. The molecule has 8 heteroatoms. The molecule has 3 rings (SSSR count). The Bertz CT molecular complexity index is 810. The van der Waals surface area contributed by atoms with Crippen molar-refractivity contribution in [1.82, 2.24) is 15.3 Å². The maximum Gasteiger partial charge on any atom is 0.433 e. The van der Waals surface area contributed by atoms with Gasteiger partial charge in [0.15, 0.2) is 0 Å². The Hall–Kier alpha value is -2.48. The van der Waals surface area contributed by atoms with Crippen LogP contribution in [0.1, 0.15) is 21.1 Å². The minimum absolute atomic E-state index is 0.0686. The Kier molecular flexibility index (Phi) is 3.99. The lowest BCUT2D eigenvalue weighted by molar-refractivity contribution is -0.141. The van der Waals surface area contributed by atoms with Crippen molar-refractivity contribution in [3.8, 4) is 0 Å². The van der Waals surface area contributed by atoms with Crippen molar-refractivity contribution in [3.05, 3.63) is 58.9 Å². The molecule has 118 valence electrons. The molecule has 0 spiro atoms. The fraction of sp³-hybridized carbons (Fsp3) is 0.133. The van der Waals surface area contributed by atoms with Gasteiger partial charge in [0.2, 0.25) is 0 Å². The molecule has 2 heterocycles. The summed E-state index contributed by atoms with van der Waals surface area (Å²) in [5.74, 6) is -0.495. The largest absolute Gasteiger partial charge is 0.433 e. The zero-order valence-electron chi connectivity index (χ0n) is 11.6. The molecule has 1 aromatic carbocycles. The monoisotopic (exact) mass is 337 g/mol. The molecule has 4 nitrogen and oxygen atoms in total. The second-order valence-corrected chi connectivity index (χ2v) is 5.80. The second-order valence-electron chi connectivity index (χ2n) is 4.69. The zero-order valence-corrected chi connectivity index (χ0v) is 12.4. The van der Waals surface area contributed by atoms with Gasteiger partial charge in [-0.1, -0.05) is 12.1 Å². The number of carbonyl (C=O) groups is 1. The van der Waals surface area contributed by atoms with E-state index in [0.717, 1.165) is 33.6 Å². The number of alkyl halides is 3. The number of nitrogens with zero attached hydrogens (tertiary/aromatic N) is 2. The lowest BCUT2D eigenvalue weighted by Gasteiger charge is -2.06. The molecule has 0 radical (unpaired) electrons. The molecule has 0 saturated heterocycles. The van der Waals surface area contributed by atoms with E-state index in [-0.39, 0.29) is 12.1 Å². The molecule has 0 aliphatic heterocycles. The molecule has 0 fully saturated rings. The van der Waals surface area contributed by atoms with E-state index >= 15 is 0 Å². The van der Waals surface area contributed by atoms with E-state index < -0.39 is 17.8 Å². The van der Waals surface area contributed by atoms with E-state index in [1.54, 1.807) is 0 Å². The van der Waals surface area contributed by atoms with Gasteiger partial charge in [0.25, 0.3) is 5.91 Å². The highest BCUT2D eigenvalue weighted by Gasteiger charge is 2.32. The van der Waals surface area contributed by atoms with Crippen LogP contribution >= 0.6 is 11.3 Å². The average Bonchev–Trinajstić information content (AvgIpc) is 2.95. The van der Waals surface area contributed by atoms with Crippen molar-refractivity contribution in [2.45, 2.75) is 12.7 Å². The van der Waals surface area contributed by atoms with E-state index in [1.165, 1.54) is 11.3 Å². The SMILES string of the molecule is O=C(NCc1nc2ccccc2s1)c1ccc(C(F)(F)F)nc1. The van der Waals surface area contributed by atoms with E-state index in [0.29, 0.717) is 0 Å². The Balaban J connectivity index is 1.67. The summed E-state index contributed by atoms with van der Waals surface area (Å²) in [4.78, 5) is 19.6. The third-order valence-corrected chi connectivity index (χ3v) is 4.09.